The van der Waals surface area contributed by atoms with Crippen molar-refractivity contribution >= 4 is 26.9 Å². The maximum Gasteiger partial charge on any atom is 0.180 e. The molecule has 0 saturated heterocycles. The van der Waals surface area contributed by atoms with Gasteiger partial charge < -0.3 is 11.1 Å². The van der Waals surface area contributed by atoms with Crippen LogP contribution in [0.15, 0.2) is 53.4 Å². The molecule has 2 rings (SSSR count). The second kappa shape index (κ2) is 5.32. The number of hydrogen-bond donors (Lipinski definition) is 2. The molecule has 0 aliphatic heterocycles. The molecule has 2 aromatic rings. The van der Waals surface area contributed by atoms with Gasteiger partial charge in [-0.05, 0) is 30.3 Å². The lowest BCUT2D eigenvalue weighted by molar-refractivity contribution is 0.597. The Hall–Kier alpha value is -2.01. The zero-order valence-corrected chi connectivity index (χ0v) is 11.4. The van der Waals surface area contributed by atoms with Crippen molar-refractivity contribution < 1.29 is 8.42 Å². The smallest absolute Gasteiger partial charge is 0.180 e. The summed E-state index contributed by atoms with van der Waals surface area (Å²) in [5, 5.41) is 3.09. The zero-order valence-electron chi connectivity index (χ0n) is 10.6. The second-order valence-electron chi connectivity index (χ2n) is 4.15. The first-order valence-electron chi connectivity index (χ1n) is 5.97. The van der Waals surface area contributed by atoms with Gasteiger partial charge in [-0.1, -0.05) is 25.1 Å². The number of nitrogens with two attached hydrogens (primary N) is 1. The molecule has 0 aromatic heterocycles. The van der Waals surface area contributed by atoms with Crippen LogP contribution in [0.25, 0.3) is 0 Å². The van der Waals surface area contributed by atoms with Crippen molar-refractivity contribution in [2.75, 3.05) is 16.8 Å². The molecule has 4 nitrogen and oxygen atoms in total. The fourth-order valence-corrected chi connectivity index (χ4v) is 2.82. The predicted molar refractivity (Wildman–Crippen MR) is 78.3 cm³/mol. The van der Waals surface area contributed by atoms with Gasteiger partial charge in [0.15, 0.2) is 9.84 Å². The number of sulfone groups is 1. The van der Waals surface area contributed by atoms with Crippen LogP contribution >= 0.6 is 0 Å². The highest BCUT2D eigenvalue weighted by molar-refractivity contribution is 7.91. The fourth-order valence-electron chi connectivity index (χ4n) is 1.77. The van der Waals surface area contributed by atoms with E-state index in [9.17, 15) is 8.42 Å². The van der Waals surface area contributed by atoms with Crippen molar-refractivity contribution in [2.24, 2.45) is 0 Å². The van der Waals surface area contributed by atoms with Gasteiger partial charge in [0.25, 0.3) is 0 Å². The van der Waals surface area contributed by atoms with Crippen LogP contribution < -0.4 is 11.1 Å². The van der Waals surface area contributed by atoms with Crippen molar-refractivity contribution in [3.05, 3.63) is 48.5 Å². The Kier molecular flexibility index (Phi) is 3.76. The first-order valence-corrected chi connectivity index (χ1v) is 7.62. The van der Waals surface area contributed by atoms with Gasteiger partial charge in [-0.25, -0.2) is 8.42 Å². The minimum Gasteiger partial charge on any atom is -0.399 e. The Morgan fingerprint density at radius 1 is 1.11 bits per heavy atom. The third-order valence-electron chi connectivity index (χ3n) is 2.77. The lowest BCUT2D eigenvalue weighted by Gasteiger charge is -2.12. The lowest BCUT2D eigenvalue weighted by Crippen LogP contribution is -2.07. The summed E-state index contributed by atoms with van der Waals surface area (Å²) in [6.07, 6.45) is 0. The first kappa shape index (κ1) is 13.4. The van der Waals surface area contributed by atoms with Gasteiger partial charge >= 0.3 is 0 Å². The quantitative estimate of drug-likeness (QED) is 0.842. The van der Waals surface area contributed by atoms with Crippen molar-refractivity contribution in [1.29, 1.82) is 0 Å². The van der Waals surface area contributed by atoms with E-state index < -0.39 is 9.84 Å². The largest absolute Gasteiger partial charge is 0.399 e. The van der Waals surface area contributed by atoms with Crippen LogP contribution in [0, 0.1) is 0 Å². The maximum atomic E-state index is 12.0. The molecular weight excluding hydrogens is 260 g/mol. The molecule has 0 atom stereocenters. The topological polar surface area (TPSA) is 72.2 Å². The van der Waals surface area contributed by atoms with Crippen molar-refractivity contribution in [3.8, 4) is 0 Å². The summed E-state index contributed by atoms with van der Waals surface area (Å²) < 4.78 is 24.0. The molecule has 0 heterocycles. The molecule has 0 saturated carbocycles. The average molecular weight is 276 g/mol. The lowest BCUT2D eigenvalue weighted by atomic mass is 10.2. The standard InChI is InChI=1S/C14H16N2O2S/c1-2-19(17,18)14-9-4-3-8-13(14)16-12-7-5-6-11(15)10-12/h3-10,16H,2,15H2,1H3. The van der Waals surface area contributed by atoms with E-state index in [0.717, 1.165) is 5.69 Å². The van der Waals surface area contributed by atoms with Crippen LogP contribution in [0.5, 0.6) is 0 Å². The van der Waals surface area contributed by atoms with Crippen molar-refractivity contribution in [1.82, 2.24) is 0 Å². The van der Waals surface area contributed by atoms with Gasteiger partial charge in [0.1, 0.15) is 0 Å². The number of para-hydroxylation sites is 1. The molecule has 0 amide bonds. The highest BCUT2D eigenvalue weighted by Gasteiger charge is 2.15. The highest BCUT2D eigenvalue weighted by atomic mass is 32.2. The normalized spacial score (nSPS) is 11.2. The second-order valence-corrected chi connectivity index (χ2v) is 6.40. The number of nitrogens with one attached hydrogen (secondary N) is 1. The molecule has 0 fully saturated rings. The monoisotopic (exact) mass is 276 g/mol. The minimum absolute atomic E-state index is 0.0720. The SMILES string of the molecule is CCS(=O)(=O)c1ccccc1Nc1cccc(N)c1. The molecule has 0 bridgehead atoms. The maximum absolute atomic E-state index is 12.0. The van der Waals surface area contributed by atoms with Crippen LogP contribution in [0.3, 0.4) is 0 Å². The van der Waals surface area contributed by atoms with E-state index in [4.69, 9.17) is 5.73 Å². The summed E-state index contributed by atoms with van der Waals surface area (Å²) in [7, 11) is -3.25. The number of hydrogen-bond acceptors (Lipinski definition) is 4. The zero-order chi connectivity index (χ0) is 13.9. The van der Waals surface area contributed by atoms with E-state index in [1.165, 1.54) is 0 Å². The Morgan fingerprint density at radius 2 is 1.84 bits per heavy atom. The summed E-state index contributed by atoms with van der Waals surface area (Å²) >= 11 is 0. The van der Waals surface area contributed by atoms with Gasteiger partial charge in [-0.2, -0.15) is 0 Å². The van der Waals surface area contributed by atoms with Crippen LogP contribution in [-0.4, -0.2) is 14.2 Å². The summed E-state index contributed by atoms with van der Waals surface area (Å²) in [5.74, 6) is 0.0720. The molecular formula is C14H16N2O2S. The van der Waals surface area contributed by atoms with Crippen molar-refractivity contribution in [3.63, 3.8) is 0 Å². The average Bonchev–Trinajstić information content (AvgIpc) is 2.39. The van der Waals surface area contributed by atoms with E-state index in [1.54, 1.807) is 43.3 Å². The summed E-state index contributed by atoms with van der Waals surface area (Å²) in [6.45, 7) is 1.63. The first-order chi connectivity index (χ1) is 9.03. The van der Waals surface area contributed by atoms with Crippen molar-refractivity contribution in [2.45, 2.75) is 11.8 Å². The molecule has 19 heavy (non-hydrogen) atoms. The van der Waals surface area contributed by atoms with E-state index in [0.29, 0.717) is 16.3 Å². The molecule has 0 aliphatic rings. The molecule has 5 heteroatoms. The van der Waals surface area contributed by atoms with E-state index in [2.05, 4.69) is 5.32 Å². The highest BCUT2D eigenvalue weighted by Crippen LogP contribution is 2.26. The molecule has 100 valence electrons. The number of rotatable bonds is 4. The molecule has 0 spiro atoms. The summed E-state index contributed by atoms with van der Waals surface area (Å²) in [6, 6.07) is 14.0. The van der Waals surface area contributed by atoms with Gasteiger partial charge in [0.05, 0.1) is 16.3 Å². The van der Waals surface area contributed by atoms with Crippen LogP contribution in [0.2, 0.25) is 0 Å². The van der Waals surface area contributed by atoms with Gasteiger partial charge in [0, 0.05) is 11.4 Å². The summed E-state index contributed by atoms with van der Waals surface area (Å²) in [4.78, 5) is 0.305. The number of benzene rings is 2. The van der Waals surface area contributed by atoms with E-state index >= 15 is 0 Å². The molecule has 3 N–H and O–H groups in total. The number of anilines is 3. The van der Waals surface area contributed by atoms with E-state index in [-0.39, 0.29) is 5.75 Å². The fraction of sp³-hybridized carbons (Fsp3) is 0.143. The van der Waals surface area contributed by atoms with Crippen LogP contribution in [0.4, 0.5) is 17.1 Å². The van der Waals surface area contributed by atoms with Gasteiger partial charge in [0.2, 0.25) is 0 Å². The van der Waals surface area contributed by atoms with Crippen LogP contribution in [0.1, 0.15) is 6.92 Å². The number of nitrogen functional groups attached to an aromatic ring is 1. The summed E-state index contributed by atoms with van der Waals surface area (Å²) in [5.41, 5.74) is 7.66. The Bertz CT molecular complexity index is 681. The molecule has 0 unspecified atom stereocenters. The molecule has 2 aromatic carbocycles. The molecule has 0 aliphatic carbocycles. The Morgan fingerprint density at radius 3 is 2.53 bits per heavy atom. The third-order valence-corrected chi connectivity index (χ3v) is 4.55. The molecule has 0 radical (unpaired) electrons. The van der Waals surface area contributed by atoms with Gasteiger partial charge in [-0.15, -0.1) is 0 Å². The Labute approximate surface area is 113 Å². The minimum atomic E-state index is -3.25. The predicted octanol–water partition coefficient (Wildman–Crippen LogP) is 2.81. The third kappa shape index (κ3) is 3.06. The van der Waals surface area contributed by atoms with E-state index in [1.807, 2.05) is 12.1 Å². The van der Waals surface area contributed by atoms with Crippen LogP contribution in [-0.2, 0) is 9.84 Å². The van der Waals surface area contributed by atoms with Gasteiger partial charge in [-0.3, -0.25) is 0 Å². The Balaban J connectivity index is 2.42.